The Morgan fingerprint density at radius 3 is 2.94 bits per heavy atom. The van der Waals surface area contributed by atoms with Crippen LogP contribution in [0.3, 0.4) is 0 Å². The average molecular weight is 291 g/mol. The normalized spacial score (nSPS) is 9.88. The molecule has 0 radical (unpaired) electrons. The summed E-state index contributed by atoms with van der Waals surface area (Å²) in [6.07, 6.45) is 2.46. The van der Waals surface area contributed by atoms with Crippen LogP contribution in [0.5, 0.6) is 0 Å². The first-order chi connectivity index (χ1) is 8.29. The molecule has 1 N–H and O–H groups in total. The summed E-state index contributed by atoms with van der Waals surface area (Å²) in [5.41, 5.74) is 1.49. The zero-order valence-electron chi connectivity index (χ0n) is 9.11. The largest absolute Gasteiger partial charge is 0.469 e. The number of hydrogen-bond acceptors (Lipinski definition) is 3. The molecule has 0 atom stereocenters. The smallest absolute Gasteiger partial charge is 0.105 e. The fourth-order valence-corrected chi connectivity index (χ4v) is 1.90. The first kappa shape index (κ1) is 11.7. The number of hydrogen-bond donors (Lipinski definition) is 1. The van der Waals surface area contributed by atoms with Gasteiger partial charge in [-0.15, -0.1) is 0 Å². The van der Waals surface area contributed by atoms with E-state index in [0.29, 0.717) is 5.56 Å². The number of nitriles is 1. The van der Waals surface area contributed by atoms with Gasteiger partial charge < -0.3 is 9.73 Å². The van der Waals surface area contributed by atoms with Crippen LogP contribution in [0, 0.1) is 11.3 Å². The van der Waals surface area contributed by atoms with Gasteiger partial charge in [-0.1, -0.05) is 15.9 Å². The molecular weight excluding hydrogens is 280 g/mol. The second-order valence-corrected chi connectivity index (χ2v) is 4.47. The van der Waals surface area contributed by atoms with Gasteiger partial charge >= 0.3 is 0 Å². The molecule has 0 saturated carbocycles. The van der Waals surface area contributed by atoms with Crippen molar-refractivity contribution in [3.8, 4) is 6.07 Å². The van der Waals surface area contributed by atoms with Crippen molar-refractivity contribution in [2.45, 2.75) is 6.42 Å². The molecule has 0 spiro atoms. The van der Waals surface area contributed by atoms with Gasteiger partial charge in [-0.2, -0.15) is 5.26 Å². The van der Waals surface area contributed by atoms with Crippen LogP contribution in [0.1, 0.15) is 11.3 Å². The third-order valence-corrected chi connectivity index (χ3v) is 2.86. The van der Waals surface area contributed by atoms with Gasteiger partial charge in [-0.05, 0) is 30.3 Å². The summed E-state index contributed by atoms with van der Waals surface area (Å²) < 4.78 is 6.19. The van der Waals surface area contributed by atoms with Gasteiger partial charge in [0.15, 0.2) is 0 Å². The average Bonchev–Trinajstić information content (AvgIpc) is 2.82. The topological polar surface area (TPSA) is 49.0 Å². The summed E-state index contributed by atoms with van der Waals surface area (Å²) in [5, 5.41) is 12.2. The molecule has 0 aliphatic carbocycles. The summed E-state index contributed by atoms with van der Waals surface area (Å²) in [5.74, 6) is 0.936. The minimum absolute atomic E-state index is 0.646. The molecule has 0 fully saturated rings. The molecule has 1 aromatic heterocycles. The van der Waals surface area contributed by atoms with Crippen LogP contribution in [-0.4, -0.2) is 6.54 Å². The van der Waals surface area contributed by atoms with Crippen molar-refractivity contribution >= 4 is 21.6 Å². The van der Waals surface area contributed by atoms with E-state index in [1.165, 1.54) is 0 Å². The van der Waals surface area contributed by atoms with Gasteiger partial charge in [-0.25, -0.2) is 0 Å². The van der Waals surface area contributed by atoms with Crippen LogP contribution >= 0.6 is 15.9 Å². The van der Waals surface area contributed by atoms with Crippen molar-refractivity contribution in [2.75, 3.05) is 11.9 Å². The lowest BCUT2D eigenvalue weighted by molar-refractivity contribution is 0.513. The first-order valence-corrected chi connectivity index (χ1v) is 6.05. The highest BCUT2D eigenvalue weighted by Gasteiger charge is 2.02. The van der Waals surface area contributed by atoms with E-state index < -0.39 is 0 Å². The van der Waals surface area contributed by atoms with Crippen LogP contribution in [-0.2, 0) is 6.42 Å². The molecular formula is C13H11BrN2O. The van der Waals surface area contributed by atoms with E-state index in [-0.39, 0.29) is 0 Å². The Labute approximate surface area is 108 Å². The van der Waals surface area contributed by atoms with Crippen LogP contribution in [0.4, 0.5) is 5.69 Å². The number of furan rings is 1. The second-order valence-electron chi connectivity index (χ2n) is 3.56. The molecule has 0 amide bonds. The molecule has 86 valence electrons. The van der Waals surface area contributed by atoms with Crippen molar-refractivity contribution < 1.29 is 4.42 Å². The van der Waals surface area contributed by atoms with E-state index in [4.69, 9.17) is 9.68 Å². The Hall–Kier alpha value is -1.73. The molecule has 0 saturated heterocycles. The van der Waals surface area contributed by atoms with Gasteiger partial charge in [0.1, 0.15) is 11.8 Å². The maximum Gasteiger partial charge on any atom is 0.105 e. The standard InChI is InChI=1S/C13H11BrN2O/c14-11-4-3-10(9-15)13(8-11)16-6-5-12-2-1-7-17-12/h1-4,7-8,16H,5-6H2. The van der Waals surface area contributed by atoms with E-state index in [1.807, 2.05) is 24.3 Å². The molecule has 4 heteroatoms. The summed E-state index contributed by atoms with van der Waals surface area (Å²) in [7, 11) is 0. The molecule has 0 aliphatic rings. The van der Waals surface area contributed by atoms with Crippen LogP contribution in [0.15, 0.2) is 45.5 Å². The van der Waals surface area contributed by atoms with Crippen LogP contribution in [0.25, 0.3) is 0 Å². The molecule has 1 heterocycles. The molecule has 0 bridgehead atoms. The monoisotopic (exact) mass is 290 g/mol. The highest BCUT2D eigenvalue weighted by Crippen LogP contribution is 2.20. The Kier molecular flexibility index (Phi) is 3.84. The maximum atomic E-state index is 8.97. The summed E-state index contributed by atoms with van der Waals surface area (Å²) in [6, 6.07) is 11.5. The lowest BCUT2D eigenvalue weighted by Crippen LogP contribution is -2.05. The number of anilines is 1. The SMILES string of the molecule is N#Cc1ccc(Br)cc1NCCc1ccco1. The number of nitrogens with one attached hydrogen (secondary N) is 1. The first-order valence-electron chi connectivity index (χ1n) is 5.25. The van der Waals surface area contributed by atoms with E-state index in [0.717, 1.165) is 28.9 Å². The molecule has 3 nitrogen and oxygen atoms in total. The van der Waals surface area contributed by atoms with Crippen molar-refractivity contribution in [2.24, 2.45) is 0 Å². The third-order valence-electron chi connectivity index (χ3n) is 2.37. The summed E-state index contributed by atoms with van der Waals surface area (Å²) in [4.78, 5) is 0. The predicted octanol–water partition coefficient (Wildman–Crippen LogP) is 3.57. The number of halogens is 1. The zero-order chi connectivity index (χ0) is 12.1. The van der Waals surface area contributed by atoms with E-state index in [9.17, 15) is 0 Å². The molecule has 0 unspecified atom stereocenters. The Morgan fingerprint density at radius 2 is 2.24 bits per heavy atom. The van der Waals surface area contributed by atoms with Gasteiger partial charge in [0.25, 0.3) is 0 Å². The fourth-order valence-electron chi connectivity index (χ4n) is 1.54. The lowest BCUT2D eigenvalue weighted by Gasteiger charge is -2.07. The highest BCUT2D eigenvalue weighted by molar-refractivity contribution is 9.10. The zero-order valence-corrected chi connectivity index (χ0v) is 10.7. The minimum Gasteiger partial charge on any atom is -0.469 e. The Balaban J connectivity index is 1.99. The van der Waals surface area contributed by atoms with Gasteiger partial charge in [0, 0.05) is 17.4 Å². The number of rotatable bonds is 4. The van der Waals surface area contributed by atoms with Crippen molar-refractivity contribution in [1.29, 1.82) is 5.26 Å². The summed E-state index contributed by atoms with van der Waals surface area (Å²) >= 11 is 3.39. The van der Waals surface area contributed by atoms with Crippen molar-refractivity contribution in [3.63, 3.8) is 0 Å². The lowest BCUT2D eigenvalue weighted by atomic mass is 10.2. The van der Waals surface area contributed by atoms with Gasteiger partial charge in [0.2, 0.25) is 0 Å². The van der Waals surface area contributed by atoms with E-state index >= 15 is 0 Å². The second kappa shape index (κ2) is 5.55. The predicted molar refractivity (Wildman–Crippen MR) is 69.8 cm³/mol. The van der Waals surface area contributed by atoms with Gasteiger partial charge in [0.05, 0.1) is 17.5 Å². The fraction of sp³-hybridized carbons (Fsp3) is 0.154. The molecule has 0 aliphatic heterocycles. The quantitative estimate of drug-likeness (QED) is 0.936. The Bertz CT molecular complexity index is 529. The number of benzene rings is 1. The van der Waals surface area contributed by atoms with E-state index in [2.05, 4.69) is 27.3 Å². The van der Waals surface area contributed by atoms with Crippen LogP contribution < -0.4 is 5.32 Å². The molecule has 2 rings (SSSR count). The van der Waals surface area contributed by atoms with Crippen molar-refractivity contribution in [3.05, 3.63) is 52.4 Å². The molecule has 2 aromatic rings. The minimum atomic E-state index is 0.646. The Morgan fingerprint density at radius 1 is 1.35 bits per heavy atom. The summed E-state index contributed by atoms with van der Waals surface area (Å²) in [6.45, 7) is 0.735. The van der Waals surface area contributed by atoms with Crippen molar-refractivity contribution in [1.82, 2.24) is 0 Å². The highest BCUT2D eigenvalue weighted by atomic mass is 79.9. The maximum absolute atomic E-state index is 8.97. The number of nitrogens with zero attached hydrogens (tertiary/aromatic N) is 1. The van der Waals surface area contributed by atoms with Crippen LogP contribution in [0.2, 0.25) is 0 Å². The molecule has 1 aromatic carbocycles. The molecule has 17 heavy (non-hydrogen) atoms. The third kappa shape index (κ3) is 3.11. The van der Waals surface area contributed by atoms with E-state index in [1.54, 1.807) is 12.3 Å². The van der Waals surface area contributed by atoms with Gasteiger partial charge in [-0.3, -0.25) is 0 Å².